The molecule has 1 N–H and O–H groups in total. The SMILES string of the molecule is CC[C@@H](C)NC(=O)C1CCN(C[C@H]2CC=CCC2)CC1. The zero-order chi connectivity index (χ0) is 14.4. The third-order valence-electron chi connectivity index (χ3n) is 4.85. The van der Waals surface area contributed by atoms with Crippen molar-refractivity contribution in [2.75, 3.05) is 19.6 Å². The molecule has 0 unspecified atom stereocenters. The Morgan fingerprint density at radius 3 is 2.65 bits per heavy atom. The number of nitrogens with one attached hydrogen (secondary N) is 1. The number of amides is 1. The van der Waals surface area contributed by atoms with Gasteiger partial charge < -0.3 is 10.2 Å². The molecule has 0 aromatic carbocycles. The highest BCUT2D eigenvalue weighted by molar-refractivity contribution is 5.79. The lowest BCUT2D eigenvalue weighted by Gasteiger charge is -2.34. The van der Waals surface area contributed by atoms with Crippen LogP contribution in [0.15, 0.2) is 12.2 Å². The van der Waals surface area contributed by atoms with Crippen LogP contribution in [0.2, 0.25) is 0 Å². The zero-order valence-electron chi connectivity index (χ0n) is 13.1. The first-order valence-corrected chi connectivity index (χ1v) is 8.36. The Morgan fingerprint density at radius 1 is 1.30 bits per heavy atom. The van der Waals surface area contributed by atoms with Crippen molar-refractivity contribution in [3.05, 3.63) is 12.2 Å². The first kappa shape index (κ1) is 15.6. The predicted octanol–water partition coefficient (Wildman–Crippen LogP) is 2.97. The Kier molecular flexibility index (Phi) is 6.08. The number of hydrogen-bond donors (Lipinski definition) is 1. The minimum absolute atomic E-state index is 0.242. The van der Waals surface area contributed by atoms with Gasteiger partial charge in [0.05, 0.1) is 0 Å². The van der Waals surface area contributed by atoms with Crippen molar-refractivity contribution in [3.63, 3.8) is 0 Å². The second-order valence-corrected chi connectivity index (χ2v) is 6.54. The van der Waals surface area contributed by atoms with Gasteiger partial charge in [0.2, 0.25) is 5.91 Å². The van der Waals surface area contributed by atoms with Crippen LogP contribution in [0.3, 0.4) is 0 Å². The second kappa shape index (κ2) is 7.82. The van der Waals surface area contributed by atoms with Crippen LogP contribution in [-0.4, -0.2) is 36.5 Å². The second-order valence-electron chi connectivity index (χ2n) is 6.54. The molecule has 3 nitrogen and oxygen atoms in total. The van der Waals surface area contributed by atoms with Crippen molar-refractivity contribution in [2.24, 2.45) is 11.8 Å². The fourth-order valence-electron chi connectivity index (χ4n) is 3.23. The molecule has 1 saturated heterocycles. The molecule has 1 fully saturated rings. The topological polar surface area (TPSA) is 32.3 Å². The van der Waals surface area contributed by atoms with E-state index in [1.807, 2.05) is 0 Å². The largest absolute Gasteiger partial charge is 0.353 e. The van der Waals surface area contributed by atoms with Gasteiger partial charge in [0.25, 0.3) is 0 Å². The van der Waals surface area contributed by atoms with Crippen LogP contribution in [0.4, 0.5) is 0 Å². The van der Waals surface area contributed by atoms with Crippen molar-refractivity contribution >= 4 is 5.91 Å². The van der Waals surface area contributed by atoms with E-state index in [1.54, 1.807) is 0 Å². The predicted molar refractivity (Wildman–Crippen MR) is 83.5 cm³/mol. The van der Waals surface area contributed by atoms with E-state index in [0.29, 0.717) is 6.04 Å². The minimum Gasteiger partial charge on any atom is -0.353 e. The molecular formula is C17H30N2O. The number of carbonyl (C=O) groups is 1. The molecule has 20 heavy (non-hydrogen) atoms. The molecule has 0 saturated carbocycles. The van der Waals surface area contributed by atoms with E-state index in [9.17, 15) is 4.79 Å². The van der Waals surface area contributed by atoms with Gasteiger partial charge in [-0.25, -0.2) is 0 Å². The third kappa shape index (κ3) is 4.62. The summed E-state index contributed by atoms with van der Waals surface area (Å²) in [6, 6.07) is 0.314. The molecule has 2 aliphatic rings. The highest BCUT2D eigenvalue weighted by atomic mass is 16.1. The van der Waals surface area contributed by atoms with Crippen LogP contribution in [0, 0.1) is 11.8 Å². The Labute approximate surface area is 123 Å². The standard InChI is InChI=1S/C17H30N2O/c1-3-14(2)18-17(20)16-9-11-19(12-10-16)13-15-7-5-4-6-8-15/h4-5,14-16H,3,6-13H2,1-2H3,(H,18,20)/t14-,15+/m1/s1. The van der Waals surface area contributed by atoms with Crippen LogP contribution < -0.4 is 5.32 Å². The maximum atomic E-state index is 12.1. The fraction of sp³-hybridized carbons (Fsp3) is 0.824. The molecule has 2 rings (SSSR count). The lowest BCUT2D eigenvalue weighted by molar-refractivity contribution is -0.127. The number of likely N-dealkylation sites (tertiary alicyclic amines) is 1. The molecule has 1 aliphatic carbocycles. The summed E-state index contributed by atoms with van der Waals surface area (Å²) >= 11 is 0. The molecule has 2 atom stereocenters. The Bertz CT molecular complexity index is 332. The van der Waals surface area contributed by atoms with Crippen molar-refractivity contribution in [1.82, 2.24) is 10.2 Å². The number of piperidine rings is 1. The average Bonchev–Trinajstić information content (AvgIpc) is 2.49. The van der Waals surface area contributed by atoms with E-state index in [0.717, 1.165) is 38.3 Å². The van der Waals surface area contributed by atoms with Crippen LogP contribution in [0.25, 0.3) is 0 Å². The average molecular weight is 278 g/mol. The molecule has 1 amide bonds. The van der Waals surface area contributed by atoms with Crippen molar-refractivity contribution in [2.45, 2.75) is 58.4 Å². The van der Waals surface area contributed by atoms with Gasteiger partial charge in [-0.1, -0.05) is 19.1 Å². The highest BCUT2D eigenvalue weighted by Gasteiger charge is 2.26. The van der Waals surface area contributed by atoms with Gasteiger partial charge in [0, 0.05) is 18.5 Å². The van der Waals surface area contributed by atoms with Gasteiger partial charge in [-0.3, -0.25) is 4.79 Å². The molecule has 0 aromatic rings. The number of nitrogens with zero attached hydrogens (tertiary/aromatic N) is 1. The van der Waals surface area contributed by atoms with Crippen molar-refractivity contribution < 1.29 is 4.79 Å². The quantitative estimate of drug-likeness (QED) is 0.784. The summed E-state index contributed by atoms with van der Waals surface area (Å²) < 4.78 is 0. The van der Waals surface area contributed by atoms with Gasteiger partial charge in [0.1, 0.15) is 0 Å². The maximum absolute atomic E-state index is 12.1. The van der Waals surface area contributed by atoms with E-state index in [-0.39, 0.29) is 11.8 Å². The molecule has 3 heteroatoms. The zero-order valence-corrected chi connectivity index (χ0v) is 13.1. The van der Waals surface area contributed by atoms with Gasteiger partial charge >= 0.3 is 0 Å². The normalized spacial score (nSPS) is 26.4. The molecule has 0 spiro atoms. The Balaban J connectivity index is 1.69. The summed E-state index contributed by atoms with van der Waals surface area (Å²) in [5.74, 6) is 1.36. The molecule has 0 bridgehead atoms. The number of rotatable bonds is 5. The molecular weight excluding hydrogens is 248 g/mol. The van der Waals surface area contributed by atoms with Crippen LogP contribution in [0.5, 0.6) is 0 Å². The first-order valence-electron chi connectivity index (χ1n) is 8.36. The van der Waals surface area contributed by atoms with Gasteiger partial charge in [0.15, 0.2) is 0 Å². The van der Waals surface area contributed by atoms with E-state index in [1.165, 1.54) is 25.8 Å². The first-order chi connectivity index (χ1) is 9.69. The fourth-order valence-corrected chi connectivity index (χ4v) is 3.23. The lowest BCUT2D eigenvalue weighted by atomic mass is 9.91. The summed E-state index contributed by atoms with van der Waals surface area (Å²) in [5, 5.41) is 3.13. The molecule has 1 heterocycles. The third-order valence-corrected chi connectivity index (χ3v) is 4.85. The summed E-state index contributed by atoms with van der Waals surface area (Å²) in [6.45, 7) is 7.62. The molecule has 114 valence electrons. The van der Waals surface area contributed by atoms with Crippen LogP contribution in [-0.2, 0) is 4.79 Å². The van der Waals surface area contributed by atoms with Crippen molar-refractivity contribution in [3.8, 4) is 0 Å². The van der Waals surface area contributed by atoms with Gasteiger partial charge in [-0.05, 0) is 64.5 Å². The van der Waals surface area contributed by atoms with Crippen molar-refractivity contribution in [1.29, 1.82) is 0 Å². The summed E-state index contributed by atoms with van der Waals surface area (Å²) in [5.41, 5.74) is 0. The summed E-state index contributed by atoms with van der Waals surface area (Å²) in [6.07, 6.45) is 11.6. The molecule has 0 radical (unpaired) electrons. The lowest BCUT2D eigenvalue weighted by Crippen LogP contribution is -2.44. The van der Waals surface area contributed by atoms with Gasteiger partial charge in [-0.15, -0.1) is 0 Å². The summed E-state index contributed by atoms with van der Waals surface area (Å²) in [7, 11) is 0. The van der Waals surface area contributed by atoms with E-state index >= 15 is 0 Å². The molecule has 0 aromatic heterocycles. The number of hydrogen-bond acceptors (Lipinski definition) is 2. The smallest absolute Gasteiger partial charge is 0.223 e. The van der Waals surface area contributed by atoms with Crippen LogP contribution in [0.1, 0.15) is 52.4 Å². The summed E-state index contributed by atoms with van der Waals surface area (Å²) in [4.78, 5) is 14.7. The Hall–Kier alpha value is -0.830. The Morgan fingerprint density at radius 2 is 2.05 bits per heavy atom. The minimum atomic E-state index is 0.242. The number of allylic oxidation sites excluding steroid dienone is 2. The van der Waals surface area contributed by atoms with E-state index < -0.39 is 0 Å². The van der Waals surface area contributed by atoms with Crippen LogP contribution >= 0.6 is 0 Å². The van der Waals surface area contributed by atoms with Gasteiger partial charge in [-0.2, -0.15) is 0 Å². The van der Waals surface area contributed by atoms with E-state index in [2.05, 4.69) is 36.2 Å². The monoisotopic (exact) mass is 278 g/mol. The number of carbonyl (C=O) groups excluding carboxylic acids is 1. The molecule has 1 aliphatic heterocycles. The van der Waals surface area contributed by atoms with E-state index in [4.69, 9.17) is 0 Å². The maximum Gasteiger partial charge on any atom is 0.223 e. The highest BCUT2D eigenvalue weighted by Crippen LogP contribution is 2.23.